The Kier molecular flexibility index (Phi) is 4.02. The quantitative estimate of drug-likeness (QED) is 0.884. The molecule has 4 nitrogen and oxygen atoms in total. The van der Waals surface area contributed by atoms with Crippen LogP contribution in [-0.4, -0.2) is 24.2 Å². The summed E-state index contributed by atoms with van der Waals surface area (Å²) in [4.78, 5) is 11.6. The van der Waals surface area contributed by atoms with Crippen molar-refractivity contribution in [2.45, 2.75) is 38.9 Å². The second-order valence-electron chi connectivity index (χ2n) is 7.12. The summed E-state index contributed by atoms with van der Waals surface area (Å²) in [5, 5.41) is 0. The summed E-state index contributed by atoms with van der Waals surface area (Å²) >= 11 is 0. The molecule has 5 heteroatoms. The van der Waals surface area contributed by atoms with Gasteiger partial charge in [0.25, 0.3) is 0 Å². The van der Waals surface area contributed by atoms with Crippen molar-refractivity contribution in [1.82, 2.24) is 0 Å². The average molecular weight is 323 g/mol. The minimum atomic E-state index is -0.430. The Balaban J connectivity index is 1.89. The van der Waals surface area contributed by atoms with Crippen LogP contribution in [0.3, 0.4) is 0 Å². The van der Waals surface area contributed by atoms with E-state index in [1.807, 2.05) is 70.2 Å². The lowest BCUT2D eigenvalue weighted by molar-refractivity contribution is 0.00578. The number of nitrogens with two attached hydrogens (primary N) is 1. The second kappa shape index (κ2) is 5.76. The molecule has 0 bridgehead atoms. The highest BCUT2D eigenvalue weighted by atomic mass is 16.7. The lowest BCUT2D eigenvalue weighted by Gasteiger charge is -2.32. The van der Waals surface area contributed by atoms with Crippen LogP contribution in [0.15, 0.2) is 48.5 Å². The first-order chi connectivity index (χ1) is 11.2. The van der Waals surface area contributed by atoms with Crippen LogP contribution in [0.5, 0.6) is 0 Å². The van der Waals surface area contributed by atoms with Crippen LogP contribution >= 0.6 is 0 Å². The number of benzene rings is 2. The molecule has 0 unspecified atom stereocenters. The zero-order valence-electron chi connectivity index (χ0n) is 14.5. The number of rotatable bonds is 3. The number of amides is 1. The Labute approximate surface area is 143 Å². The topological polar surface area (TPSA) is 61.5 Å². The summed E-state index contributed by atoms with van der Waals surface area (Å²) in [6.45, 7) is 8.13. The molecule has 1 saturated heterocycles. The minimum absolute atomic E-state index is 0.366. The third-order valence-corrected chi connectivity index (χ3v) is 4.94. The van der Waals surface area contributed by atoms with Gasteiger partial charge in [0, 0.05) is 5.56 Å². The monoisotopic (exact) mass is 323 g/mol. The van der Waals surface area contributed by atoms with Gasteiger partial charge in [0.05, 0.1) is 11.2 Å². The van der Waals surface area contributed by atoms with Crippen molar-refractivity contribution < 1.29 is 14.1 Å². The summed E-state index contributed by atoms with van der Waals surface area (Å²) in [7, 11) is -0.393. The van der Waals surface area contributed by atoms with Gasteiger partial charge in [0.15, 0.2) is 0 Å². The van der Waals surface area contributed by atoms with Gasteiger partial charge in [-0.1, -0.05) is 42.5 Å². The van der Waals surface area contributed by atoms with Crippen LogP contribution in [0.2, 0.25) is 0 Å². The van der Waals surface area contributed by atoms with Gasteiger partial charge in [-0.25, -0.2) is 0 Å². The summed E-state index contributed by atoms with van der Waals surface area (Å²) < 4.78 is 12.1. The average Bonchev–Trinajstić information content (AvgIpc) is 2.75. The zero-order valence-corrected chi connectivity index (χ0v) is 14.5. The van der Waals surface area contributed by atoms with Crippen molar-refractivity contribution in [3.8, 4) is 11.1 Å². The molecule has 3 rings (SSSR count). The van der Waals surface area contributed by atoms with Crippen LogP contribution in [0.4, 0.5) is 0 Å². The standard InChI is InChI=1S/C19H22BNO3/c1-18(2)19(3,4)24-20(23-18)14-11-9-13(10-12-14)15-7-5-6-8-16(15)17(21)22/h5-12H,1-4H3,(H2,21,22). The molecule has 2 N–H and O–H groups in total. The van der Waals surface area contributed by atoms with Crippen molar-refractivity contribution in [3.05, 3.63) is 54.1 Å². The second-order valence-corrected chi connectivity index (χ2v) is 7.12. The molecule has 24 heavy (non-hydrogen) atoms. The van der Waals surface area contributed by atoms with Crippen molar-refractivity contribution in [1.29, 1.82) is 0 Å². The van der Waals surface area contributed by atoms with E-state index in [0.29, 0.717) is 5.56 Å². The first-order valence-corrected chi connectivity index (χ1v) is 8.06. The number of hydrogen-bond donors (Lipinski definition) is 1. The molecule has 0 aliphatic carbocycles. The first kappa shape index (κ1) is 16.7. The van der Waals surface area contributed by atoms with Gasteiger partial charge in [-0.15, -0.1) is 0 Å². The van der Waals surface area contributed by atoms with Gasteiger partial charge in [-0.3, -0.25) is 4.79 Å². The van der Waals surface area contributed by atoms with Crippen LogP contribution < -0.4 is 11.2 Å². The number of carbonyl (C=O) groups excluding carboxylic acids is 1. The van der Waals surface area contributed by atoms with E-state index in [1.165, 1.54) is 0 Å². The molecule has 124 valence electrons. The molecule has 1 amide bonds. The third-order valence-electron chi connectivity index (χ3n) is 4.94. The molecule has 0 spiro atoms. The van der Waals surface area contributed by atoms with Crippen LogP contribution in [-0.2, 0) is 9.31 Å². The van der Waals surface area contributed by atoms with Crippen molar-refractivity contribution in [2.24, 2.45) is 5.73 Å². The van der Waals surface area contributed by atoms with Gasteiger partial charge < -0.3 is 15.0 Å². The van der Waals surface area contributed by atoms with Gasteiger partial charge in [0.1, 0.15) is 0 Å². The predicted molar refractivity (Wildman–Crippen MR) is 96.1 cm³/mol. The molecule has 0 aromatic heterocycles. The molecule has 2 aromatic rings. The molecular formula is C19H22BNO3. The maximum atomic E-state index is 11.6. The zero-order chi connectivity index (χ0) is 17.5. The van der Waals surface area contributed by atoms with Gasteiger partial charge in [0.2, 0.25) is 5.91 Å². The summed E-state index contributed by atoms with van der Waals surface area (Å²) in [5.74, 6) is -0.430. The summed E-state index contributed by atoms with van der Waals surface area (Å²) in [6.07, 6.45) is 0. The van der Waals surface area contributed by atoms with E-state index < -0.39 is 13.0 Å². The van der Waals surface area contributed by atoms with E-state index in [4.69, 9.17) is 15.0 Å². The van der Waals surface area contributed by atoms with Crippen LogP contribution in [0.1, 0.15) is 38.1 Å². The number of carbonyl (C=O) groups is 1. The van der Waals surface area contributed by atoms with E-state index in [1.54, 1.807) is 6.07 Å². The highest BCUT2D eigenvalue weighted by molar-refractivity contribution is 6.62. The van der Waals surface area contributed by atoms with Gasteiger partial charge in [-0.2, -0.15) is 0 Å². The van der Waals surface area contributed by atoms with E-state index in [2.05, 4.69) is 0 Å². The van der Waals surface area contributed by atoms with Gasteiger partial charge in [-0.05, 0) is 50.4 Å². The Bertz CT molecular complexity index is 752. The molecule has 0 saturated carbocycles. The van der Waals surface area contributed by atoms with Crippen molar-refractivity contribution >= 4 is 18.5 Å². The third kappa shape index (κ3) is 2.85. The molecule has 1 aliphatic rings. The Morgan fingerprint density at radius 3 is 2.00 bits per heavy atom. The van der Waals surface area contributed by atoms with E-state index >= 15 is 0 Å². The molecule has 0 radical (unpaired) electrons. The Hall–Kier alpha value is -2.11. The lowest BCUT2D eigenvalue weighted by atomic mass is 9.78. The molecule has 2 aromatic carbocycles. The largest absolute Gasteiger partial charge is 0.494 e. The van der Waals surface area contributed by atoms with E-state index in [-0.39, 0.29) is 11.2 Å². The molecule has 0 atom stereocenters. The van der Waals surface area contributed by atoms with Gasteiger partial charge >= 0.3 is 7.12 Å². The summed E-state index contributed by atoms with van der Waals surface area (Å²) in [5.41, 5.74) is 7.96. The minimum Gasteiger partial charge on any atom is -0.399 e. The maximum Gasteiger partial charge on any atom is 0.494 e. The number of hydrogen-bond acceptors (Lipinski definition) is 3. The summed E-state index contributed by atoms with van der Waals surface area (Å²) in [6, 6.07) is 15.2. The molecule has 1 fully saturated rings. The van der Waals surface area contributed by atoms with E-state index in [9.17, 15) is 4.79 Å². The smallest absolute Gasteiger partial charge is 0.399 e. The lowest BCUT2D eigenvalue weighted by Crippen LogP contribution is -2.41. The van der Waals surface area contributed by atoms with Crippen LogP contribution in [0, 0.1) is 0 Å². The Morgan fingerprint density at radius 2 is 1.46 bits per heavy atom. The fraction of sp³-hybridized carbons (Fsp3) is 0.316. The highest BCUT2D eigenvalue weighted by Gasteiger charge is 2.51. The fourth-order valence-corrected chi connectivity index (χ4v) is 2.75. The van der Waals surface area contributed by atoms with Crippen LogP contribution in [0.25, 0.3) is 11.1 Å². The number of primary amides is 1. The highest BCUT2D eigenvalue weighted by Crippen LogP contribution is 2.36. The maximum absolute atomic E-state index is 11.6. The molecular weight excluding hydrogens is 301 g/mol. The predicted octanol–water partition coefficient (Wildman–Crippen LogP) is 2.75. The van der Waals surface area contributed by atoms with Crippen molar-refractivity contribution in [2.75, 3.05) is 0 Å². The Morgan fingerprint density at radius 1 is 0.917 bits per heavy atom. The SMILES string of the molecule is CC1(C)OB(c2ccc(-c3ccccc3C(N)=O)cc2)OC1(C)C. The normalized spacial score (nSPS) is 18.6. The molecule has 1 heterocycles. The van der Waals surface area contributed by atoms with E-state index in [0.717, 1.165) is 16.6 Å². The first-order valence-electron chi connectivity index (χ1n) is 8.06. The van der Waals surface area contributed by atoms with Crippen molar-refractivity contribution in [3.63, 3.8) is 0 Å². The fourth-order valence-electron chi connectivity index (χ4n) is 2.75. The molecule has 1 aliphatic heterocycles.